The van der Waals surface area contributed by atoms with E-state index in [0.29, 0.717) is 0 Å². The minimum absolute atomic E-state index is 0.891. The average molecular weight is 196 g/mol. The van der Waals surface area contributed by atoms with E-state index in [0.717, 1.165) is 31.0 Å². The Bertz CT molecular complexity index is 145. The third-order valence-electron chi connectivity index (χ3n) is 4.31. The van der Waals surface area contributed by atoms with Crippen LogP contribution < -0.4 is 0 Å². The molecule has 0 aliphatic heterocycles. The Kier molecular flexibility index (Phi) is 3.86. The summed E-state index contributed by atoms with van der Waals surface area (Å²) in [6, 6.07) is 0. The first-order valence-electron chi connectivity index (χ1n) is 6.49. The van der Waals surface area contributed by atoms with Crippen molar-refractivity contribution in [3.8, 4) is 0 Å². The highest BCUT2D eigenvalue weighted by molar-refractivity contribution is 4.86. The lowest BCUT2D eigenvalue weighted by Crippen LogP contribution is -2.33. The molecule has 0 amide bonds. The standard InChI is InChI=1S/C13H24O/c1-2-14-10-9-13(11-5-3-6-11)12-7-4-8-12/h11-13H,2-10H2,1H3. The first kappa shape index (κ1) is 10.5. The molecule has 82 valence electrons. The summed E-state index contributed by atoms with van der Waals surface area (Å²) in [5, 5.41) is 0. The molecule has 1 heteroatoms. The van der Waals surface area contributed by atoms with E-state index in [9.17, 15) is 0 Å². The molecule has 0 aromatic heterocycles. The van der Waals surface area contributed by atoms with E-state index in [1.165, 1.54) is 44.9 Å². The predicted molar refractivity (Wildman–Crippen MR) is 59.3 cm³/mol. The summed E-state index contributed by atoms with van der Waals surface area (Å²) in [4.78, 5) is 0. The van der Waals surface area contributed by atoms with Gasteiger partial charge in [-0.1, -0.05) is 38.5 Å². The van der Waals surface area contributed by atoms with Crippen molar-refractivity contribution in [3.63, 3.8) is 0 Å². The maximum absolute atomic E-state index is 5.50. The lowest BCUT2D eigenvalue weighted by molar-refractivity contribution is 0.0494. The summed E-state index contributed by atoms with van der Waals surface area (Å²) in [5.41, 5.74) is 0. The molecule has 0 radical (unpaired) electrons. The number of hydrogen-bond donors (Lipinski definition) is 0. The SMILES string of the molecule is CCOCCC(C1CCC1)C1CCC1. The van der Waals surface area contributed by atoms with Crippen molar-refractivity contribution in [2.45, 2.75) is 51.9 Å². The summed E-state index contributed by atoms with van der Waals surface area (Å²) >= 11 is 0. The van der Waals surface area contributed by atoms with Gasteiger partial charge in [-0.2, -0.15) is 0 Å². The van der Waals surface area contributed by atoms with Crippen LogP contribution in [0.15, 0.2) is 0 Å². The minimum Gasteiger partial charge on any atom is -0.382 e. The molecule has 0 bridgehead atoms. The van der Waals surface area contributed by atoms with Crippen LogP contribution in [0.2, 0.25) is 0 Å². The molecule has 2 rings (SSSR count). The molecule has 14 heavy (non-hydrogen) atoms. The Morgan fingerprint density at radius 2 is 1.64 bits per heavy atom. The quantitative estimate of drug-likeness (QED) is 0.589. The highest BCUT2D eigenvalue weighted by atomic mass is 16.5. The molecular weight excluding hydrogens is 172 g/mol. The lowest BCUT2D eigenvalue weighted by Gasteiger charge is -2.42. The van der Waals surface area contributed by atoms with Crippen molar-refractivity contribution in [2.24, 2.45) is 17.8 Å². The molecule has 2 aliphatic carbocycles. The second kappa shape index (κ2) is 5.16. The molecule has 2 saturated carbocycles. The van der Waals surface area contributed by atoms with Crippen LogP contribution in [0.4, 0.5) is 0 Å². The molecule has 2 aliphatic rings. The maximum atomic E-state index is 5.50. The highest BCUT2D eigenvalue weighted by Gasteiger charge is 2.35. The van der Waals surface area contributed by atoms with Gasteiger partial charge >= 0.3 is 0 Å². The summed E-state index contributed by atoms with van der Waals surface area (Å²) < 4.78 is 5.50. The van der Waals surface area contributed by atoms with Gasteiger partial charge in [0.2, 0.25) is 0 Å². The van der Waals surface area contributed by atoms with E-state index in [2.05, 4.69) is 6.92 Å². The zero-order chi connectivity index (χ0) is 9.80. The molecule has 0 aromatic rings. The fraction of sp³-hybridized carbons (Fsp3) is 1.00. The Morgan fingerprint density at radius 3 is 2.00 bits per heavy atom. The van der Waals surface area contributed by atoms with Crippen LogP contribution in [0.5, 0.6) is 0 Å². The van der Waals surface area contributed by atoms with E-state index >= 15 is 0 Å². The van der Waals surface area contributed by atoms with Gasteiger partial charge in [0.25, 0.3) is 0 Å². The first-order valence-corrected chi connectivity index (χ1v) is 6.49. The Hall–Kier alpha value is -0.0400. The van der Waals surface area contributed by atoms with Crippen molar-refractivity contribution >= 4 is 0 Å². The van der Waals surface area contributed by atoms with Crippen LogP contribution in [0, 0.1) is 17.8 Å². The normalized spacial score (nSPS) is 23.6. The summed E-state index contributed by atoms with van der Waals surface area (Å²) in [5.74, 6) is 3.16. The van der Waals surface area contributed by atoms with E-state index < -0.39 is 0 Å². The molecule has 0 atom stereocenters. The van der Waals surface area contributed by atoms with Gasteiger partial charge in [-0.25, -0.2) is 0 Å². The van der Waals surface area contributed by atoms with Gasteiger partial charge < -0.3 is 4.74 Å². The molecule has 0 spiro atoms. The monoisotopic (exact) mass is 196 g/mol. The van der Waals surface area contributed by atoms with Crippen LogP contribution in [0.1, 0.15) is 51.9 Å². The predicted octanol–water partition coefficient (Wildman–Crippen LogP) is 3.63. The van der Waals surface area contributed by atoms with E-state index in [-0.39, 0.29) is 0 Å². The Labute approximate surface area is 88.2 Å². The van der Waals surface area contributed by atoms with Crippen LogP contribution >= 0.6 is 0 Å². The minimum atomic E-state index is 0.891. The van der Waals surface area contributed by atoms with E-state index in [1.54, 1.807) is 0 Å². The van der Waals surface area contributed by atoms with Crippen molar-refractivity contribution in [2.75, 3.05) is 13.2 Å². The van der Waals surface area contributed by atoms with Crippen molar-refractivity contribution in [3.05, 3.63) is 0 Å². The van der Waals surface area contributed by atoms with Crippen LogP contribution in [-0.2, 0) is 4.74 Å². The maximum Gasteiger partial charge on any atom is 0.0468 e. The van der Waals surface area contributed by atoms with Gasteiger partial charge in [-0.05, 0) is 31.1 Å². The number of hydrogen-bond acceptors (Lipinski definition) is 1. The second-order valence-electron chi connectivity index (χ2n) is 5.03. The second-order valence-corrected chi connectivity index (χ2v) is 5.03. The lowest BCUT2D eigenvalue weighted by atomic mass is 9.63. The third kappa shape index (κ3) is 2.31. The largest absolute Gasteiger partial charge is 0.382 e. The third-order valence-corrected chi connectivity index (χ3v) is 4.31. The number of ether oxygens (including phenoxy) is 1. The van der Waals surface area contributed by atoms with Gasteiger partial charge in [0.15, 0.2) is 0 Å². The molecule has 0 N–H and O–H groups in total. The molecule has 0 aromatic carbocycles. The molecule has 0 heterocycles. The van der Waals surface area contributed by atoms with Gasteiger partial charge in [-0.3, -0.25) is 0 Å². The van der Waals surface area contributed by atoms with Crippen LogP contribution in [0.3, 0.4) is 0 Å². The van der Waals surface area contributed by atoms with Crippen LogP contribution in [0.25, 0.3) is 0 Å². The molecule has 0 unspecified atom stereocenters. The van der Waals surface area contributed by atoms with Crippen molar-refractivity contribution in [1.29, 1.82) is 0 Å². The fourth-order valence-corrected chi connectivity index (χ4v) is 2.96. The van der Waals surface area contributed by atoms with Crippen LogP contribution in [-0.4, -0.2) is 13.2 Å². The Balaban J connectivity index is 1.73. The Morgan fingerprint density at radius 1 is 1.07 bits per heavy atom. The van der Waals surface area contributed by atoms with Crippen molar-refractivity contribution in [1.82, 2.24) is 0 Å². The zero-order valence-corrected chi connectivity index (χ0v) is 9.50. The van der Waals surface area contributed by atoms with E-state index in [1.807, 2.05) is 0 Å². The first-order chi connectivity index (χ1) is 6.92. The van der Waals surface area contributed by atoms with Gasteiger partial charge in [0.1, 0.15) is 0 Å². The van der Waals surface area contributed by atoms with Gasteiger partial charge in [-0.15, -0.1) is 0 Å². The molecule has 0 saturated heterocycles. The van der Waals surface area contributed by atoms with Crippen molar-refractivity contribution < 1.29 is 4.74 Å². The topological polar surface area (TPSA) is 9.23 Å². The number of rotatable bonds is 6. The smallest absolute Gasteiger partial charge is 0.0468 e. The average Bonchev–Trinajstić information content (AvgIpc) is 1.98. The highest BCUT2D eigenvalue weighted by Crippen LogP contribution is 2.45. The van der Waals surface area contributed by atoms with E-state index in [4.69, 9.17) is 4.74 Å². The molecule has 2 fully saturated rings. The summed E-state index contributed by atoms with van der Waals surface area (Å²) in [6.45, 7) is 4.00. The summed E-state index contributed by atoms with van der Waals surface area (Å²) in [7, 11) is 0. The molecular formula is C13H24O. The fourth-order valence-electron chi connectivity index (χ4n) is 2.96. The van der Waals surface area contributed by atoms with Gasteiger partial charge in [0, 0.05) is 13.2 Å². The molecule has 1 nitrogen and oxygen atoms in total. The van der Waals surface area contributed by atoms with Gasteiger partial charge in [0.05, 0.1) is 0 Å². The summed E-state index contributed by atoms with van der Waals surface area (Å²) in [6.07, 6.45) is 10.3. The zero-order valence-electron chi connectivity index (χ0n) is 9.50.